The molecular formula is C23H30FN3O5S. The average molecular weight is 480 g/mol. The van der Waals surface area contributed by atoms with Crippen LogP contribution >= 0.6 is 0 Å². The van der Waals surface area contributed by atoms with Crippen LogP contribution in [0.1, 0.15) is 13.3 Å². The molecular weight excluding hydrogens is 449 g/mol. The number of nitrogens with one attached hydrogen (secondary N) is 1. The topological polar surface area (TPSA) is 88.2 Å². The lowest BCUT2D eigenvalue weighted by molar-refractivity contribution is -0.123. The van der Waals surface area contributed by atoms with E-state index in [2.05, 4.69) is 5.32 Å². The van der Waals surface area contributed by atoms with Crippen LogP contribution in [0.25, 0.3) is 0 Å². The predicted molar refractivity (Wildman–Crippen MR) is 125 cm³/mol. The maximum Gasteiger partial charge on any atom is 0.257 e. The Hall–Kier alpha value is -2.85. The molecule has 0 atom stereocenters. The number of sulfonamides is 1. The summed E-state index contributed by atoms with van der Waals surface area (Å²) in [5.74, 6) is 0.635. The number of halogens is 1. The van der Waals surface area contributed by atoms with Crippen molar-refractivity contribution in [2.24, 2.45) is 0 Å². The van der Waals surface area contributed by atoms with Crippen LogP contribution in [0.4, 0.5) is 10.1 Å². The van der Waals surface area contributed by atoms with Gasteiger partial charge in [-0.1, -0.05) is 0 Å². The molecule has 1 amide bonds. The normalized spacial score (nSPS) is 14.7. The molecule has 2 aromatic rings. The summed E-state index contributed by atoms with van der Waals surface area (Å²) >= 11 is 0. The minimum Gasteiger partial charge on any atom is -0.494 e. The Morgan fingerprint density at radius 3 is 2.18 bits per heavy atom. The van der Waals surface area contributed by atoms with Gasteiger partial charge in [0, 0.05) is 38.4 Å². The van der Waals surface area contributed by atoms with Crippen molar-refractivity contribution < 1.29 is 27.1 Å². The summed E-state index contributed by atoms with van der Waals surface area (Å²) < 4.78 is 50.6. The largest absolute Gasteiger partial charge is 0.494 e. The fraction of sp³-hybridized carbons (Fsp3) is 0.435. The van der Waals surface area contributed by atoms with E-state index in [1.54, 1.807) is 36.4 Å². The number of ether oxygens (including phenoxy) is 2. The second-order valence-electron chi connectivity index (χ2n) is 7.58. The first kappa shape index (κ1) is 24.8. The first-order valence-electron chi connectivity index (χ1n) is 11.0. The minimum absolute atomic E-state index is 0.0381. The Labute approximate surface area is 194 Å². The molecule has 0 saturated carbocycles. The zero-order valence-electron chi connectivity index (χ0n) is 18.7. The zero-order valence-corrected chi connectivity index (χ0v) is 19.5. The van der Waals surface area contributed by atoms with Gasteiger partial charge in [-0.3, -0.25) is 4.79 Å². The van der Waals surface area contributed by atoms with E-state index in [0.29, 0.717) is 45.0 Å². The van der Waals surface area contributed by atoms with Gasteiger partial charge >= 0.3 is 0 Å². The van der Waals surface area contributed by atoms with E-state index in [-0.39, 0.29) is 30.6 Å². The number of nitrogens with zero attached hydrogens (tertiary/aromatic N) is 2. The van der Waals surface area contributed by atoms with Crippen molar-refractivity contribution in [2.75, 3.05) is 56.6 Å². The fourth-order valence-corrected chi connectivity index (χ4v) is 4.97. The Kier molecular flexibility index (Phi) is 8.90. The summed E-state index contributed by atoms with van der Waals surface area (Å²) in [4.78, 5) is 14.0. The van der Waals surface area contributed by atoms with E-state index in [1.165, 1.54) is 16.4 Å². The lowest BCUT2D eigenvalue weighted by Crippen LogP contribution is -2.49. The summed E-state index contributed by atoms with van der Waals surface area (Å²) in [6, 6.07) is 13.2. The first-order chi connectivity index (χ1) is 15.9. The van der Waals surface area contributed by atoms with Gasteiger partial charge in [-0.15, -0.1) is 0 Å². The molecule has 0 aliphatic carbocycles. The monoisotopic (exact) mass is 479 g/mol. The number of benzene rings is 2. The number of piperazine rings is 1. The SMILES string of the molecule is CCOc1ccc(OCC(=O)NCCCS(=O)(=O)N2CCN(c3ccc(F)cc3)CC2)cc1. The molecule has 3 rings (SSSR count). The van der Waals surface area contributed by atoms with Gasteiger partial charge in [-0.2, -0.15) is 4.31 Å². The number of hydrogen-bond donors (Lipinski definition) is 1. The molecule has 1 aliphatic heterocycles. The van der Waals surface area contributed by atoms with Crippen LogP contribution in [0.2, 0.25) is 0 Å². The molecule has 8 nitrogen and oxygen atoms in total. The molecule has 180 valence electrons. The van der Waals surface area contributed by atoms with Crippen molar-refractivity contribution in [3.8, 4) is 11.5 Å². The van der Waals surface area contributed by atoms with Gasteiger partial charge in [0.15, 0.2) is 6.61 Å². The second-order valence-corrected chi connectivity index (χ2v) is 9.66. The molecule has 10 heteroatoms. The van der Waals surface area contributed by atoms with Crippen LogP contribution in [-0.2, 0) is 14.8 Å². The fourth-order valence-electron chi connectivity index (χ4n) is 3.49. The summed E-state index contributed by atoms with van der Waals surface area (Å²) in [5, 5.41) is 2.68. The van der Waals surface area contributed by atoms with Crippen molar-refractivity contribution in [3.63, 3.8) is 0 Å². The number of hydrogen-bond acceptors (Lipinski definition) is 6. The highest BCUT2D eigenvalue weighted by Crippen LogP contribution is 2.19. The number of amides is 1. The summed E-state index contributed by atoms with van der Waals surface area (Å²) in [6.45, 7) is 4.42. The van der Waals surface area contributed by atoms with E-state index in [9.17, 15) is 17.6 Å². The van der Waals surface area contributed by atoms with E-state index < -0.39 is 10.0 Å². The number of rotatable bonds is 11. The van der Waals surface area contributed by atoms with Gasteiger partial charge in [-0.05, 0) is 61.9 Å². The molecule has 33 heavy (non-hydrogen) atoms. The van der Waals surface area contributed by atoms with Gasteiger partial charge in [-0.25, -0.2) is 12.8 Å². The molecule has 1 aliphatic rings. The third kappa shape index (κ3) is 7.61. The minimum atomic E-state index is -3.41. The Balaban J connectivity index is 1.33. The molecule has 1 saturated heterocycles. The highest BCUT2D eigenvalue weighted by atomic mass is 32.2. The van der Waals surface area contributed by atoms with Crippen LogP contribution in [0.15, 0.2) is 48.5 Å². The van der Waals surface area contributed by atoms with Crippen LogP contribution in [0.5, 0.6) is 11.5 Å². The highest BCUT2D eigenvalue weighted by Gasteiger charge is 2.26. The lowest BCUT2D eigenvalue weighted by atomic mass is 10.2. The molecule has 0 aromatic heterocycles. The number of carbonyl (C=O) groups excluding carboxylic acids is 1. The summed E-state index contributed by atoms with van der Waals surface area (Å²) in [6.07, 6.45) is 0.315. The van der Waals surface area contributed by atoms with Crippen LogP contribution in [0, 0.1) is 5.82 Å². The van der Waals surface area contributed by atoms with E-state index in [1.807, 2.05) is 11.8 Å². The quantitative estimate of drug-likeness (QED) is 0.498. The predicted octanol–water partition coefficient (Wildman–Crippen LogP) is 2.26. The Bertz CT molecular complexity index is 992. The third-order valence-corrected chi connectivity index (χ3v) is 7.19. The molecule has 0 unspecified atom stereocenters. The van der Waals surface area contributed by atoms with Crippen molar-refractivity contribution >= 4 is 21.6 Å². The molecule has 1 fully saturated rings. The van der Waals surface area contributed by atoms with Crippen LogP contribution < -0.4 is 19.7 Å². The molecule has 1 N–H and O–H groups in total. The van der Waals surface area contributed by atoms with E-state index >= 15 is 0 Å². The highest BCUT2D eigenvalue weighted by molar-refractivity contribution is 7.89. The second kappa shape index (κ2) is 11.9. The van der Waals surface area contributed by atoms with Gasteiger partial charge in [0.25, 0.3) is 5.91 Å². The van der Waals surface area contributed by atoms with Gasteiger partial charge in [0.2, 0.25) is 10.0 Å². The standard InChI is InChI=1S/C23H30FN3O5S/c1-2-31-21-8-10-22(11-9-21)32-18-23(28)25-12-3-17-33(29,30)27-15-13-26(14-16-27)20-6-4-19(24)5-7-20/h4-11H,2-3,12-18H2,1H3,(H,25,28). The molecule has 0 bridgehead atoms. The zero-order chi connectivity index (χ0) is 23.7. The maximum absolute atomic E-state index is 13.1. The maximum atomic E-state index is 13.1. The Morgan fingerprint density at radius 1 is 0.970 bits per heavy atom. The summed E-state index contributed by atoms with van der Waals surface area (Å²) in [7, 11) is -3.41. The molecule has 0 spiro atoms. The molecule has 0 radical (unpaired) electrons. The van der Waals surface area contributed by atoms with Gasteiger partial charge in [0.1, 0.15) is 17.3 Å². The molecule has 1 heterocycles. The first-order valence-corrected chi connectivity index (χ1v) is 12.6. The Morgan fingerprint density at radius 2 is 1.58 bits per heavy atom. The van der Waals surface area contributed by atoms with Crippen LogP contribution in [0.3, 0.4) is 0 Å². The average Bonchev–Trinajstić information content (AvgIpc) is 2.82. The van der Waals surface area contributed by atoms with Crippen molar-refractivity contribution in [1.82, 2.24) is 9.62 Å². The third-order valence-electron chi connectivity index (χ3n) is 5.23. The molecule has 2 aromatic carbocycles. The smallest absolute Gasteiger partial charge is 0.257 e. The summed E-state index contributed by atoms with van der Waals surface area (Å²) in [5.41, 5.74) is 0.878. The van der Waals surface area contributed by atoms with E-state index in [4.69, 9.17) is 9.47 Å². The van der Waals surface area contributed by atoms with Gasteiger partial charge in [0.05, 0.1) is 12.4 Å². The van der Waals surface area contributed by atoms with Crippen molar-refractivity contribution in [3.05, 3.63) is 54.3 Å². The number of anilines is 1. The van der Waals surface area contributed by atoms with E-state index in [0.717, 1.165) is 11.4 Å². The number of carbonyl (C=O) groups is 1. The lowest BCUT2D eigenvalue weighted by Gasteiger charge is -2.35. The van der Waals surface area contributed by atoms with Crippen molar-refractivity contribution in [1.29, 1.82) is 0 Å². The van der Waals surface area contributed by atoms with Gasteiger partial charge < -0.3 is 19.7 Å². The van der Waals surface area contributed by atoms with Crippen LogP contribution in [-0.4, -0.2) is 70.3 Å². The van der Waals surface area contributed by atoms with Crippen molar-refractivity contribution in [2.45, 2.75) is 13.3 Å².